The zero-order valence-corrected chi connectivity index (χ0v) is 12.0. The van der Waals surface area contributed by atoms with Gasteiger partial charge in [-0.1, -0.05) is 25.0 Å². The Hall–Kier alpha value is -0.860. The number of hydrogen-bond acceptors (Lipinski definition) is 2. The van der Waals surface area contributed by atoms with Gasteiger partial charge >= 0.3 is 0 Å². The standard InChI is InChI=1S/C16H25NO/c1-11-9-13(3)14(10-12(11)2)15(17)16(18-4)7-5-6-8-16/h9-10,15H,5-8,17H2,1-4H3. The molecule has 1 atom stereocenters. The van der Waals surface area contributed by atoms with Gasteiger partial charge < -0.3 is 10.5 Å². The van der Waals surface area contributed by atoms with E-state index in [9.17, 15) is 0 Å². The van der Waals surface area contributed by atoms with Crippen molar-refractivity contribution in [1.82, 2.24) is 0 Å². The van der Waals surface area contributed by atoms with Gasteiger partial charge in [0.05, 0.1) is 11.6 Å². The molecule has 1 aromatic carbocycles. The zero-order chi connectivity index (χ0) is 13.3. The number of hydrogen-bond donors (Lipinski definition) is 1. The van der Waals surface area contributed by atoms with Crippen LogP contribution in [0.15, 0.2) is 12.1 Å². The highest BCUT2D eigenvalue weighted by Gasteiger charge is 2.40. The topological polar surface area (TPSA) is 35.2 Å². The zero-order valence-electron chi connectivity index (χ0n) is 12.0. The molecule has 18 heavy (non-hydrogen) atoms. The van der Waals surface area contributed by atoms with Crippen molar-refractivity contribution in [3.05, 3.63) is 34.4 Å². The Balaban J connectivity index is 2.39. The van der Waals surface area contributed by atoms with E-state index < -0.39 is 0 Å². The van der Waals surface area contributed by atoms with E-state index in [1.54, 1.807) is 0 Å². The second-order valence-corrected chi connectivity index (χ2v) is 5.75. The summed E-state index contributed by atoms with van der Waals surface area (Å²) in [6.07, 6.45) is 4.62. The highest BCUT2D eigenvalue weighted by atomic mass is 16.5. The molecule has 0 radical (unpaired) electrons. The molecule has 1 aliphatic rings. The minimum Gasteiger partial charge on any atom is -0.376 e. The van der Waals surface area contributed by atoms with Crippen LogP contribution >= 0.6 is 0 Å². The molecule has 2 rings (SSSR count). The fraction of sp³-hybridized carbons (Fsp3) is 0.625. The van der Waals surface area contributed by atoms with Crippen LogP contribution in [0.1, 0.15) is 54.0 Å². The van der Waals surface area contributed by atoms with Crippen LogP contribution in [-0.4, -0.2) is 12.7 Å². The van der Waals surface area contributed by atoms with Crippen LogP contribution in [0.2, 0.25) is 0 Å². The van der Waals surface area contributed by atoms with E-state index in [4.69, 9.17) is 10.5 Å². The Bertz CT molecular complexity index is 433. The summed E-state index contributed by atoms with van der Waals surface area (Å²) in [5, 5.41) is 0. The lowest BCUT2D eigenvalue weighted by molar-refractivity contribution is -0.0265. The van der Waals surface area contributed by atoms with Crippen molar-refractivity contribution >= 4 is 0 Å². The molecular weight excluding hydrogens is 222 g/mol. The second kappa shape index (κ2) is 5.02. The molecule has 1 aromatic rings. The predicted octanol–water partition coefficient (Wildman–Crippen LogP) is 3.57. The maximum Gasteiger partial charge on any atom is 0.0870 e. The molecule has 0 saturated heterocycles. The first kappa shape index (κ1) is 13.6. The lowest BCUT2D eigenvalue weighted by Gasteiger charge is -2.35. The van der Waals surface area contributed by atoms with Crippen molar-refractivity contribution in [3.63, 3.8) is 0 Å². The van der Waals surface area contributed by atoms with Crippen molar-refractivity contribution in [3.8, 4) is 0 Å². The maximum atomic E-state index is 6.54. The van der Waals surface area contributed by atoms with Crippen molar-refractivity contribution in [2.75, 3.05) is 7.11 Å². The van der Waals surface area contributed by atoms with Gasteiger partial charge in [-0.15, -0.1) is 0 Å². The number of methoxy groups -OCH3 is 1. The predicted molar refractivity (Wildman–Crippen MR) is 75.8 cm³/mol. The Kier molecular flexibility index (Phi) is 3.79. The minimum absolute atomic E-state index is 0.00991. The van der Waals surface area contributed by atoms with Crippen LogP contribution < -0.4 is 5.73 Å². The summed E-state index contributed by atoms with van der Waals surface area (Å²) in [5.41, 5.74) is 11.6. The average molecular weight is 247 g/mol. The lowest BCUT2D eigenvalue weighted by Crippen LogP contribution is -2.41. The molecule has 0 aromatic heterocycles. The molecule has 1 unspecified atom stereocenters. The number of ether oxygens (including phenoxy) is 1. The molecule has 1 aliphatic carbocycles. The Labute approximate surface area is 111 Å². The van der Waals surface area contributed by atoms with Gasteiger partial charge in [-0.25, -0.2) is 0 Å². The van der Waals surface area contributed by atoms with Crippen LogP contribution in [0.3, 0.4) is 0 Å². The van der Waals surface area contributed by atoms with E-state index in [2.05, 4.69) is 32.9 Å². The van der Waals surface area contributed by atoms with Crippen LogP contribution in [0.4, 0.5) is 0 Å². The molecule has 0 heterocycles. The Morgan fingerprint density at radius 3 is 2.17 bits per heavy atom. The molecule has 0 bridgehead atoms. The number of benzene rings is 1. The normalized spacial score (nSPS) is 20.1. The minimum atomic E-state index is -0.146. The molecule has 100 valence electrons. The lowest BCUT2D eigenvalue weighted by atomic mass is 9.84. The van der Waals surface area contributed by atoms with Gasteiger partial charge in [0.2, 0.25) is 0 Å². The third-order valence-electron chi connectivity index (χ3n) is 4.64. The van der Waals surface area contributed by atoms with E-state index in [1.165, 1.54) is 35.1 Å². The molecule has 2 nitrogen and oxygen atoms in total. The average Bonchev–Trinajstić information content (AvgIpc) is 2.83. The number of aryl methyl sites for hydroxylation is 3. The molecular formula is C16H25NO. The summed E-state index contributed by atoms with van der Waals surface area (Å²) >= 11 is 0. The summed E-state index contributed by atoms with van der Waals surface area (Å²) in [7, 11) is 1.81. The van der Waals surface area contributed by atoms with Crippen LogP contribution in [0.5, 0.6) is 0 Å². The first-order valence-corrected chi connectivity index (χ1v) is 6.88. The van der Waals surface area contributed by atoms with Crippen LogP contribution in [-0.2, 0) is 4.74 Å². The summed E-state index contributed by atoms with van der Waals surface area (Å²) in [6.45, 7) is 6.46. The monoisotopic (exact) mass is 247 g/mol. The van der Waals surface area contributed by atoms with Crippen molar-refractivity contribution in [2.45, 2.75) is 58.1 Å². The Morgan fingerprint density at radius 2 is 1.61 bits per heavy atom. The Morgan fingerprint density at radius 1 is 1.06 bits per heavy atom. The fourth-order valence-corrected chi connectivity index (χ4v) is 3.22. The van der Waals surface area contributed by atoms with E-state index in [0.29, 0.717) is 0 Å². The number of rotatable bonds is 3. The van der Waals surface area contributed by atoms with Gasteiger partial charge in [-0.3, -0.25) is 0 Å². The van der Waals surface area contributed by atoms with Crippen molar-refractivity contribution in [2.24, 2.45) is 5.73 Å². The summed E-state index contributed by atoms with van der Waals surface area (Å²) in [5.74, 6) is 0. The second-order valence-electron chi connectivity index (χ2n) is 5.75. The highest BCUT2D eigenvalue weighted by Crippen LogP contribution is 2.42. The first-order chi connectivity index (χ1) is 8.50. The van der Waals surface area contributed by atoms with Crippen molar-refractivity contribution < 1.29 is 4.74 Å². The first-order valence-electron chi connectivity index (χ1n) is 6.88. The SMILES string of the molecule is COC1(C(N)c2cc(C)c(C)cc2C)CCCC1. The van der Waals surface area contributed by atoms with Crippen LogP contribution in [0, 0.1) is 20.8 Å². The quantitative estimate of drug-likeness (QED) is 0.886. The fourth-order valence-electron chi connectivity index (χ4n) is 3.22. The highest BCUT2D eigenvalue weighted by molar-refractivity contribution is 5.39. The van der Waals surface area contributed by atoms with E-state index in [0.717, 1.165) is 12.8 Å². The molecule has 1 saturated carbocycles. The third-order valence-corrected chi connectivity index (χ3v) is 4.64. The molecule has 0 aliphatic heterocycles. The molecule has 2 heteroatoms. The maximum absolute atomic E-state index is 6.54. The molecule has 1 fully saturated rings. The molecule has 2 N–H and O–H groups in total. The van der Waals surface area contributed by atoms with Gasteiger partial charge in [0.15, 0.2) is 0 Å². The molecule has 0 spiro atoms. The smallest absolute Gasteiger partial charge is 0.0870 e. The molecule has 0 amide bonds. The van der Waals surface area contributed by atoms with Crippen molar-refractivity contribution in [1.29, 1.82) is 0 Å². The van der Waals surface area contributed by atoms with E-state index >= 15 is 0 Å². The van der Waals surface area contributed by atoms with Gasteiger partial charge in [0.25, 0.3) is 0 Å². The summed E-state index contributed by atoms with van der Waals surface area (Å²) in [4.78, 5) is 0. The van der Waals surface area contributed by atoms with Gasteiger partial charge in [0.1, 0.15) is 0 Å². The third kappa shape index (κ3) is 2.19. The number of nitrogens with two attached hydrogens (primary N) is 1. The van der Waals surface area contributed by atoms with E-state index in [1.807, 2.05) is 7.11 Å². The van der Waals surface area contributed by atoms with Gasteiger partial charge in [-0.05, 0) is 55.9 Å². The summed E-state index contributed by atoms with van der Waals surface area (Å²) in [6, 6.07) is 4.47. The largest absolute Gasteiger partial charge is 0.376 e. The summed E-state index contributed by atoms with van der Waals surface area (Å²) < 4.78 is 5.82. The van der Waals surface area contributed by atoms with Gasteiger partial charge in [-0.2, -0.15) is 0 Å². The van der Waals surface area contributed by atoms with Gasteiger partial charge in [0, 0.05) is 7.11 Å². The van der Waals surface area contributed by atoms with E-state index in [-0.39, 0.29) is 11.6 Å². The van der Waals surface area contributed by atoms with Crippen LogP contribution in [0.25, 0.3) is 0 Å².